The van der Waals surface area contributed by atoms with Gasteiger partial charge in [-0.1, -0.05) is 40.2 Å². The van der Waals surface area contributed by atoms with E-state index in [-0.39, 0.29) is 95.2 Å². The van der Waals surface area contributed by atoms with Crippen molar-refractivity contribution in [2.24, 2.45) is 0 Å². The van der Waals surface area contributed by atoms with Crippen LogP contribution in [0.25, 0.3) is 0 Å². The molecule has 110 valence electrons. The number of hydrogen-bond acceptors (Lipinski definition) is 6. The van der Waals surface area contributed by atoms with E-state index in [9.17, 15) is 23.8 Å². The molecule has 0 spiro atoms. The molecule has 0 aromatic rings. The maximum atomic E-state index is 10.7. The fourth-order valence-corrected chi connectivity index (χ4v) is 3.26. The van der Waals surface area contributed by atoms with Gasteiger partial charge in [0.25, 0.3) is 0 Å². The van der Waals surface area contributed by atoms with Gasteiger partial charge in [0.2, 0.25) is 0 Å². The first kappa shape index (κ1) is 32.0. The van der Waals surface area contributed by atoms with E-state index < -0.39 is 27.8 Å². The van der Waals surface area contributed by atoms with E-state index in [1.807, 2.05) is 0 Å². The van der Waals surface area contributed by atoms with Crippen LogP contribution in [0.5, 0.6) is 0 Å². The summed E-state index contributed by atoms with van der Waals surface area (Å²) >= 11 is 0. The summed E-state index contributed by atoms with van der Waals surface area (Å²) in [6, 6.07) is 0. The second-order valence-electron chi connectivity index (χ2n) is 4.34. The minimum atomic E-state index is -4.81. The van der Waals surface area contributed by atoms with Crippen LogP contribution < -0.4 is 103 Å². The van der Waals surface area contributed by atoms with Crippen molar-refractivity contribution in [3.63, 3.8) is 0 Å². The maximum Gasteiger partial charge on any atom is 1.00 e. The summed E-state index contributed by atoms with van der Waals surface area (Å²) in [4.78, 5) is 41.6. The normalized spacial score (nSPS) is 13.6. The Bertz CT molecular complexity index is 301. The predicted octanol–water partition coefficient (Wildman–Crippen LogP) is -9.35. The van der Waals surface area contributed by atoms with Crippen molar-refractivity contribution in [3.05, 3.63) is 0 Å². The molecule has 0 bridgehead atoms. The van der Waals surface area contributed by atoms with E-state index in [0.29, 0.717) is 6.42 Å². The van der Waals surface area contributed by atoms with E-state index >= 15 is 0 Å². The smallest absolute Gasteiger partial charge is 0.810 e. The van der Waals surface area contributed by atoms with E-state index in [2.05, 4.69) is 6.92 Å². The Morgan fingerprint density at radius 1 is 0.905 bits per heavy atom. The Balaban J connectivity index is -0.000000482. The topological polar surface area (TPSA) is 127 Å². The van der Waals surface area contributed by atoms with Crippen molar-refractivity contribution in [1.82, 2.24) is 4.90 Å². The molecule has 1 atom stereocenters. The summed E-state index contributed by atoms with van der Waals surface area (Å²) in [5.41, 5.74) is 0. The fourth-order valence-electron chi connectivity index (χ4n) is 1.62. The van der Waals surface area contributed by atoms with Gasteiger partial charge < -0.3 is 28.7 Å². The number of rotatable bonds is 10. The average molecular weight is 369 g/mol. The minimum Gasteiger partial charge on any atom is -0.810 e. The molecule has 0 aliphatic heterocycles. The fraction of sp³-hybridized carbons (Fsp3) is 1.00. The van der Waals surface area contributed by atoms with Gasteiger partial charge in [-0.2, -0.15) is 0 Å². The van der Waals surface area contributed by atoms with Gasteiger partial charge in [-0.25, -0.2) is 0 Å². The standard InChI is InChI=1S/C9H23NO6P2.3Na/c1-2-3-4-5-6-7-10(8-17(11,12)13)9-18(14,15)16;;;/h2-9H2,1H3,(H2,11,12,13)(H2,14,15,16);;;/q;3*+1/p-3. The largest absolute Gasteiger partial charge is 1.00 e. The molecule has 0 rings (SSSR count). The predicted molar refractivity (Wildman–Crippen MR) is 62.6 cm³/mol. The summed E-state index contributed by atoms with van der Waals surface area (Å²) in [6.07, 6.45) is 2.86. The maximum absolute atomic E-state index is 10.7. The second-order valence-corrected chi connectivity index (χ2v) is 7.40. The molecule has 0 fully saturated rings. The molecule has 0 saturated heterocycles. The first-order valence-electron chi connectivity index (χ1n) is 5.90. The quantitative estimate of drug-likeness (QED) is 0.230. The third kappa shape index (κ3) is 25.6. The van der Waals surface area contributed by atoms with Crippen LogP contribution in [0.4, 0.5) is 0 Å². The Hall–Kier alpha value is 3.26. The minimum absolute atomic E-state index is 0. The van der Waals surface area contributed by atoms with Crippen LogP contribution in [0.1, 0.15) is 39.0 Å². The molecule has 0 saturated carbocycles. The SMILES string of the molecule is CCCCCCCN(CP(=O)([O-])[O-])CP(=O)([O-])O.[Na+].[Na+].[Na+]. The molecule has 0 aromatic heterocycles. The van der Waals surface area contributed by atoms with Crippen molar-refractivity contribution >= 4 is 15.2 Å². The van der Waals surface area contributed by atoms with Crippen molar-refractivity contribution in [2.75, 3.05) is 19.1 Å². The number of nitrogens with zero attached hydrogens (tertiary/aromatic N) is 1. The average Bonchev–Trinajstić information content (AvgIpc) is 2.12. The Kier molecular flexibility index (Phi) is 25.4. The molecule has 0 aliphatic rings. The van der Waals surface area contributed by atoms with Gasteiger partial charge in [-0.15, -0.1) is 0 Å². The molecular weight excluding hydrogens is 349 g/mol. The van der Waals surface area contributed by atoms with E-state index in [0.717, 1.165) is 30.6 Å². The molecule has 0 radical (unpaired) electrons. The van der Waals surface area contributed by atoms with Gasteiger partial charge in [0, 0.05) is 6.29 Å². The number of hydrogen-bond donors (Lipinski definition) is 1. The Morgan fingerprint density at radius 3 is 1.76 bits per heavy atom. The Labute approximate surface area is 193 Å². The third-order valence-electron chi connectivity index (χ3n) is 2.33. The first-order chi connectivity index (χ1) is 8.14. The molecule has 1 unspecified atom stereocenters. The van der Waals surface area contributed by atoms with Crippen LogP contribution in [-0.4, -0.2) is 28.9 Å². The van der Waals surface area contributed by atoms with Gasteiger partial charge in [0.05, 0.1) is 6.29 Å². The van der Waals surface area contributed by atoms with Crippen molar-refractivity contribution < 1.29 is 117 Å². The molecule has 0 heterocycles. The molecular formula is C9H20NNa3O6P2. The van der Waals surface area contributed by atoms with Gasteiger partial charge in [-0.05, 0) is 13.0 Å². The zero-order valence-electron chi connectivity index (χ0n) is 13.5. The van der Waals surface area contributed by atoms with E-state index in [1.165, 1.54) is 0 Å². The van der Waals surface area contributed by atoms with Crippen LogP contribution in [0.3, 0.4) is 0 Å². The molecule has 0 amide bonds. The summed E-state index contributed by atoms with van der Waals surface area (Å²) < 4.78 is 21.3. The van der Waals surface area contributed by atoms with E-state index in [1.54, 1.807) is 0 Å². The summed E-state index contributed by atoms with van der Waals surface area (Å²) in [5, 5.41) is 0. The van der Waals surface area contributed by atoms with Gasteiger partial charge in [-0.3, -0.25) is 4.90 Å². The van der Waals surface area contributed by atoms with Gasteiger partial charge >= 0.3 is 88.7 Å². The van der Waals surface area contributed by atoms with Crippen LogP contribution in [0.2, 0.25) is 0 Å². The molecule has 0 aliphatic carbocycles. The van der Waals surface area contributed by atoms with Crippen molar-refractivity contribution in [3.8, 4) is 0 Å². The van der Waals surface area contributed by atoms with Crippen LogP contribution in [0, 0.1) is 0 Å². The van der Waals surface area contributed by atoms with E-state index in [4.69, 9.17) is 4.89 Å². The molecule has 1 N–H and O–H groups in total. The second kappa shape index (κ2) is 16.7. The van der Waals surface area contributed by atoms with Crippen molar-refractivity contribution in [2.45, 2.75) is 39.0 Å². The third-order valence-corrected chi connectivity index (χ3v) is 3.83. The zero-order chi connectivity index (χ0) is 14.2. The van der Waals surface area contributed by atoms with Gasteiger partial charge in [0.1, 0.15) is 7.60 Å². The van der Waals surface area contributed by atoms with Crippen molar-refractivity contribution in [1.29, 1.82) is 0 Å². The summed E-state index contributed by atoms with van der Waals surface area (Å²) in [6.45, 7) is 2.22. The first-order valence-corrected chi connectivity index (χ1v) is 9.39. The molecule has 21 heavy (non-hydrogen) atoms. The monoisotopic (exact) mass is 369 g/mol. The molecule has 7 nitrogen and oxygen atoms in total. The zero-order valence-corrected chi connectivity index (χ0v) is 21.3. The van der Waals surface area contributed by atoms with Crippen LogP contribution in [0.15, 0.2) is 0 Å². The Morgan fingerprint density at radius 2 is 1.38 bits per heavy atom. The number of unbranched alkanes of at least 4 members (excludes halogenated alkanes) is 4. The summed E-state index contributed by atoms with van der Waals surface area (Å²) in [5.74, 6) is 0. The van der Waals surface area contributed by atoms with Gasteiger partial charge in [0.15, 0.2) is 0 Å². The molecule has 0 aromatic carbocycles. The van der Waals surface area contributed by atoms with Crippen LogP contribution >= 0.6 is 15.2 Å². The summed E-state index contributed by atoms with van der Waals surface area (Å²) in [7, 11) is -9.41. The van der Waals surface area contributed by atoms with Crippen LogP contribution in [-0.2, 0) is 9.13 Å². The molecule has 12 heteroatoms.